The molecule has 18 heavy (non-hydrogen) atoms. The molecule has 0 unspecified atom stereocenters. The highest BCUT2D eigenvalue weighted by Gasteiger charge is 2.00. The number of phenols is 1. The Bertz CT molecular complexity index is 757. The van der Waals surface area contributed by atoms with Gasteiger partial charge >= 0.3 is 0 Å². The molecule has 0 amide bonds. The Hall–Kier alpha value is -2.55. The summed E-state index contributed by atoms with van der Waals surface area (Å²) in [7, 11) is 0. The van der Waals surface area contributed by atoms with Crippen LogP contribution in [0.2, 0.25) is 0 Å². The molecule has 0 saturated heterocycles. The van der Waals surface area contributed by atoms with Crippen LogP contribution in [0.5, 0.6) is 5.75 Å². The predicted octanol–water partition coefficient (Wildman–Crippen LogP) is 2.90. The number of aromatic hydroxyl groups is 1. The summed E-state index contributed by atoms with van der Waals surface area (Å²) in [6.07, 6.45) is 0. The molecule has 0 saturated carbocycles. The molecule has 1 aromatic heterocycles. The molecular formula is C15H11NO2. The number of aromatic amines is 1. The molecule has 0 fully saturated rings. The number of H-pyrrole nitrogens is 1. The minimum Gasteiger partial charge on any atom is -0.508 e. The topological polar surface area (TPSA) is 53.1 Å². The van der Waals surface area contributed by atoms with Gasteiger partial charge in [0.1, 0.15) is 5.75 Å². The SMILES string of the molecule is O=c1ccc2cc(-c3ccc(O)cc3)ccc2[nH]1. The molecule has 3 nitrogen and oxygen atoms in total. The number of pyridine rings is 1. The fraction of sp³-hybridized carbons (Fsp3) is 0. The van der Waals surface area contributed by atoms with Crippen molar-refractivity contribution < 1.29 is 5.11 Å². The molecule has 88 valence electrons. The summed E-state index contributed by atoms with van der Waals surface area (Å²) < 4.78 is 0. The van der Waals surface area contributed by atoms with E-state index in [2.05, 4.69) is 4.98 Å². The van der Waals surface area contributed by atoms with Gasteiger partial charge in [0.2, 0.25) is 5.56 Å². The van der Waals surface area contributed by atoms with Crippen molar-refractivity contribution >= 4 is 10.9 Å². The fourth-order valence-electron chi connectivity index (χ4n) is 1.99. The standard InChI is InChI=1S/C15H11NO2/c17-13-5-1-10(2-6-13)11-3-7-14-12(9-11)4-8-15(18)16-14/h1-9,17H,(H,16,18). The van der Waals surface area contributed by atoms with Crippen molar-refractivity contribution in [3.63, 3.8) is 0 Å². The summed E-state index contributed by atoms with van der Waals surface area (Å²) in [5, 5.41) is 10.3. The van der Waals surface area contributed by atoms with Crippen LogP contribution in [0, 0.1) is 0 Å². The summed E-state index contributed by atoms with van der Waals surface area (Å²) in [6, 6.07) is 16.2. The lowest BCUT2D eigenvalue weighted by Crippen LogP contribution is -2.01. The fourth-order valence-corrected chi connectivity index (χ4v) is 1.99. The first-order valence-electron chi connectivity index (χ1n) is 5.65. The van der Waals surface area contributed by atoms with Gasteiger partial charge in [0.15, 0.2) is 0 Å². The van der Waals surface area contributed by atoms with E-state index in [1.807, 2.05) is 30.3 Å². The van der Waals surface area contributed by atoms with Crippen molar-refractivity contribution in [2.24, 2.45) is 0 Å². The highest BCUT2D eigenvalue weighted by Crippen LogP contribution is 2.24. The summed E-state index contributed by atoms with van der Waals surface area (Å²) in [5.74, 6) is 0.254. The average molecular weight is 237 g/mol. The number of aromatic nitrogens is 1. The van der Waals surface area contributed by atoms with E-state index in [4.69, 9.17) is 0 Å². The summed E-state index contributed by atoms with van der Waals surface area (Å²) in [4.78, 5) is 14.0. The Morgan fingerprint density at radius 1 is 0.833 bits per heavy atom. The third-order valence-electron chi connectivity index (χ3n) is 2.92. The molecule has 0 aliphatic rings. The zero-order valence-corrected chi connectivity index (χ0v) is 9.55. The number of rotatable bonds is 1. The predicted molar refractivity (Wildman–Crippen MR) is 71.7 cm³/mol. The second-order valence-electron chi connectivity index (χ2n) is 4.17. The minimum absolute atomic E-state index is 0.0973. The highest BCUT2D eigenvalue weighted by molar-refractivity contribution is 5.84. The van der Waals surface area contributed by atoms with E-state index >= 15 is 0 Å². The molecule has 2 aromatic carbocycles. The van der Waals surface area contributed by atoms with Crippen molar-refractivity contribution in [2.75, 3.05) is 0 Å². The summed E-state index contributed by atoms with van der Waals surface area (Å²) in [5.41, 5.74) is 2.81. The monoisotopic (exact) mass is 237 g/mol. The highest BCUT2D eigenvalue weighted by atomic mass is 16.3. The van der Waals surface area contributed by atoms with Crippen molar-refractivity contribution in [2.45, 2.75) is 0 Å². The molecule has 3 rings (SSSR count). The first-order valence-corrected chi connectivity index (χ1v) is 5.65. The number of nitrogens with one attached hydrogen (secondary N) is 1. The van der Waals surface area contributed by atoms with Gasteiger partial charge in [0.25, 0.3) is 0 Å². The normalized spacial score (nSPS) is 10.7. The van der Waals surface area contributed by atoms with Gasteiger partial charge < -0.3 is 10.1 Å². The maximum atomic E-state index is 11.2. The van der Waals surface area contributed by atoms with Gasteiger partial charge in [-0.3, -0.25) is 4.79 Å². The van der Waals surface area contributed by atoms with Crippen LogP contribution in [0.3, 0.4) is 0 Å². The molecule has 0 aliphatic carbocycles. The largest absolute Gasteiger partial charge is 0.508 e. The van der Waals surface area contributed by atoms with E-state index in [-0.39, 0.29) is 11.3 Å². The van der Waals surface area contributed by atoms with Crippen molar-refractivity contribution in [3.05, 3.63) is 65.0 Å². The van der Waals surface area contributed by atoms with Crippen molar-refractivity contribution in [3.8, 4) is 16.9 Å². The number of hydrogen-bond acceptors (Lipinski definition) is 2. The molecule has 1 heterocycles. The van der Waals surface area contributed by atoms with Crippen LogP contribution in [0.4, 0.5) is 0 Å². The lowest BCUT2D eigenvalue weighted by Gasteiger charge is -2.04. The molecule has 3 aromatic rings. The second kappa shape index (κ2) is 4.04. The van der Waals surface area contributed by atoms with Crippen LogP contribution < -0.4 is 5.56 Å². The number of hydrogen-bond donors (Lipinski definition) is 2. The van der Waals surface area contributed by atoms with E-state index in [9.17, 15) is 9.90 Å². The molecule has 0 aliphatic heterocycles. The van der Waals surface area contributed by atoms with E-state index in [0.29, 0.717) is 0 Å². The van der Waals surface area contributed by atoms with Crippen molar-refractivity contribution in [1.29, 1.82) is 0 Å². The minimum atomic E-state index is -0.0973. The van der Waals surface area contributed by atoms with Gasteiger partial charge in [0.05, 0.1) is 0 Å². The van der Waals surface area contributed by atoms with Crippen LogP contribution in [0.1, 0.15) is 0 Å². The number of benzene rings is 2. The van der Waals surface area contributed by atoms with Gasteiger partial charge in [0, 0.05) is 11.6 Å². The summed E-state index contributed by atoms with van der Waals surface area (Å²) in [6.45, 7) is 0. The van der Waals surface area contributed by atoms with Crippen LogP contribution in [-0.2, 0) is 0 Å². The Morgan fingerprint density at radius 3 is 2.33 bits per heavy atom. The number of fused-ring (bicyclic) bond motifs is 1. The van der Waals surface area contributed by atoms with Gasteiger partial charge in [-0.1, -0.05) is 18.2 Å². The molecule has 0 atom stereocenters. The maximum Gasteiger partial charge on any atom is 0.248 e. The Kier molecular flexibility index (Phi) is 2.38. The van der Waals surface area contributed by atoms with Crippen LogP contribution in [0.25, 0.3) is 22.0 Å². The van der Waals surface area contributed by atoms with Gasteiger partial charge in [-0.05, 0) is 46.8 Å². The van der Waals surface area contributed by atoms with Crippen LogP contribution >= 0.6 is 0 Å². The lowest BCUT2D eigenvalue weighted by atomic mass is 10.0. The zero-order valence-electron chi connectivity index (χ0n) is 9.55. The first-order chi connectivity index (χ1) is 8.72. The quantitative estimate of drug-likeness (QED) is 0.683. The number of phenolic OH excluding ortho intramolecular Hbond substituents is 1. The van der Waals surface area contributed by atoms with Gasteiger partial charge in [-0.15, -0.1) is 0 Å². The Balaban J connectivity index is 2.16. The van der Waals surface area contributed by atoms with E-state index < -0.39 is 0 Å². The van der Waals surface area contributed by atoms with E-state index in [0.717, 1.165) is 22.0 Å². The van der Waals surface area contributed by atoms with E-state index in [1.54, 1.807) is 18.2 Å². The average Bonchev–Trinajstić information content (AvgIpc) is 2.39. The molecular weight excluding hydrogens is 226 g/mol. The lowest BCUT2D eigenvalue weighted by molar-refractivity contribution is 0.475. The smallest absolute Gasteiger partial charge is 0.248 e. The van der Waals surface area contributed by atoms with Gasteiger partial charge in [-0.25, -0.2) is 0 Å². The Morgan fingerprint density at radius 2 is 1.56 bits per heavy atom. The Labute approximate surface area is 103 Å². The molecule has 0 spiro atoms. The summed E-state index contributed by atoms with van der Waals surface area (Å²) >= 11 is 0. The zero-order chi connectivity index (χ0) is 12.5. The molecule has 0 bridgehead atoms. The molecule has 0 radical (unpaired) electrons. The third kappa shape index (κ3) is 1.86. The van der Waals surface area contributed by atoms with E-state index in [1.165, 1.54) is 6.07 Å². The second-order valence-corrected chi connectivity index (χ2v) is 4.17. The van der Waals surface area contributed by atoms with Crippen molar-refractivity contribution in [1.82, 2.24) is 4.98 Å². The molecule has 2 N–H and O–H groups in total. The molecule has 3 heteroatoms. The maximum absolute atomic E-state index is 11.2. The van der Waals surface area contributed by atoms with Crippen LogP contribution in [0.15, 0.2) is 59.4 Å². The van der Waals surface area contributed by atoms with Crippen LogP contribution in [-0.4, -0.2) is 10.1 Å². The third-order valence-corrected chi connectivity index (χ3v) is 2.92. The van der Waals surface area contributed by atoms with Gasteiger partial charge in [-0.2, -0.15) is 0 Å². The first kappa shape index (κ1) is 10.6.